The van der Waals surface area contributed by atoms with Crippen LogP contribution in [-0.2, 0) is 9.59 Å². The Morgan fingerprint density at radius 1 is 1.42 bits per heavy atom. The molecule has 1 aliphatic heterocycles. The second-order valence-corrected chi connectivity index (χ2v) is 7.85. The zero-order chi connectivity index (χ0) is 19.3. The van der Waals surface area contributed by atoms with Crippen LogP contribution < -0.4 is 4.74 Å². The van der Waals surface area contributed by atoms with E-state index in [1.165, 1.54) is 4.90 Å². The normalized spacial score (nSPS) is 17.0. The van der Waals surface area contributed by atoms with Gasteiger partial charge in [-0.3, -0.25) is 9.69 Å². The number of rotatable bonds is 8. The number of benzene rings is 1. The van der Waals surface area contributed by atoms with Gasteiger partial charge in [0.2, 0.25) is 0 Å². The molecule has 0 bridgehead atoms. The first-order valence-electron chi connectivity index (χ1n) is 8.17. The molecule has 1 saturated heterocycles. The summed E-state index contributed by atoms with van der Waals surface area (Å²) in [6.07, 6.45) is 3.67. The van der Waals surface area contributed by atoms with Gasteiger partial charge in [0, 0.05) is 5.56 Å². The van der Waals surface area contributed by atoms with E-state index in [1.807, 2.05) is 32.0 Å². The SMILES string of the molecule is C=CCOc1ccccc1/C=C1\SC(=S)N(C(CC(C)C)C(=O)O)C1=O. The molecule has 7 heteroatoms. The minimum atomic E-state index is -1.05. The van der Waals surface area contributed by atoms with Crippen LogP contribution in [0.25, 0.3) is 6.08 Å². The number of aliphatic carboxylic acids is 1. The molecule has 1 aliphatic rings. The fourth-order valence-electron chi connectivity index (χ4n) is 2.53. The number of ether oxygens (including phenoxy) is 1. The fourth-order valence-corrected chi connectivity index (χ4v) is 3.88. The summed E-state index contributed by atoms with van der Waals surface area (Å²) in [7, 11) is 0. The Kier molecular flexibility index (Phi) is 6.99. The van der Waals surface area contributed by atoms with Gasteiger partial charge in [-0.1, -0.05) is 68.7 Å². The lowest BCUT2D eigenvalue weighted by Crippen LogP contribution is -2.44. The van der Waals surface area contributed by atoms with Crippen molar-refractivity contribution in [1.29, 1.82) is 0 Å². The number of amides is 1. The number of nitrogens with zero attached hydrogens (tertiary/aromatic N) is 1. The van der Waals surface area contributed by atoms with Crippen molar-refractivity contribution < 1.29 is 19.4 Å². The molecule has 0 aromatic heterocycles. The summed E-state index contributed by atoms with van der Waals surface area (Å²) in [5.74, 6) is -0.690. The maximum Gasteiger partial charge on any atom is 0.326 e. The molecule has 0 saturated carbocycles. The third-order valence-electron chi connectivity index (χ3n) is 3.68. The Morgan fingerprint density at radius 2 is 2.12 bits per heavy atom. The van der Waals surface area contributed by atoms with E-state index in [4.69, 9.17) is 17.0 Å². The lowest BCUT2D eigenvalue weighted by molar-refractivity contribution is -0.145. The molecule has 138 valence electrons. The lowest BCUT2D eigenvalue weighted by atomic mass is 10.0. The molecule has 1 atom stereocenters. The van der Waals surface area contributed by atoms with Crippen molar-refractivity contribution in [2.75, 3.05) is 6.61 Å². The summed E-state index contributed by atoms with van der Waals surface area (Å²) in [4.78, 5) is 26.0. The summed E-state index contributed by atoms with van der Waals surface area (Å²) >= 11 is 6.39. The highest BCUT2D eigenvalue weighted by Crippen LogP contribution is 2.36. The molecule has 0 radical (unpaired) electrons. The van der Waals surface area contributed by atoms with Crippen LogP contribution in [0.3, 0.4) is 0 Å². The first kappa shape index (κ1) is 20.2. The number of carbonyl (C=O) groups is 2. The maximum absolute atomic E-state index is 12.8. The van der Waals surface area contributed by atoms with Gasteiger partial charge in [0.25, 0.3) is 5.91 Å². The van der Waals surface area contributed by atoms with E-state index in [1.54, 1.807) is 18.2 Å². The Morgan fingerprint density at radius 3 is 2.73 bits per heavy atom. The van der Waals surface area contributed by atoms with Crippen molar-refractivity contribution in [3.63, 3.8) is 0 Å². The minimum absolute atomic E-state index is 0.123. The number of carbonyl (C=O) groups excluding carboxylic acids is 1. The van der Waals surface area contributed by atoms with E-state index in [-0.39, 0.29) is 16.1 Å². The summed E-state index contributed by atoms with van der Waals surface area (Å²) in [6.45, 7) is 7.80. The summed E-state index contributed by atoms with van der Waals surface area (Å²) < 4.78 is 5.86. The highest BCUT2D eigenvalue weighted by Gasteiger charge is 2.40. The molecule has 0 spiro atoms. The summed E-state index contributed by atoms with van der Waals surface area (Å²) in [5.41, 5.74) is 0.727. The van der Waals surface area contributed by atoms with E-state index < -0.39 is 12.0 Å². The third-order valence-corrected chi connectivity index (χ3v) is 5.01. The Balaban J connectivity index is 2.32. The zero-order valence-corrected chi connectivity index (χ0v) is 16.3. The number of carboxylic acid groups (broad SMARTS) is 1. The predicted octanol–water partition coefficient (Wildman–Crippen LogP) is 3.95. The molecule has 2 rings (SSSR count). The Bertz CT molecular complexity index is 758. The number of thiocarbonyl (C=S) groups is 1. The van der Waals surface area contributed by atoms with E-state index in [9.17, 15) is 14.7 Å². The number of thioether (sulfide) groups is 1. The van der Waals surface area contributed by atoms with Gasteiger partial charge in [-0.15, -0.1) is 0 Å². The first-order chi connectivity index (χ1) is 12.3. The minimum Gasteiger partial charge on any atom is -0.489 e. The summed E-state index contributed by atoms with van der Waals surface area (Å²) in [6, 6.07) is 6.35. The van der Waals surface area contributed by atoms with Gasteiger partial charge < -0.3 is 9.84 Å². The van der Waals surface area contributed by atoms with Crippen LogP contribution in [0.2, 0.25) is 0 Å². The van der Waals surface area contributed by atoms with Crippen LogP contribution in [0.5, 0.6) is 5.75 Å². The standard InChI is InChI=1S/C19H21NO4S2/c1-4-9-24-15-8-6-5-7-13(15)11-16-17(21)20(19(25)26-16)14(18(22)23)10-12(2)3/h4-8,11-12,14H,1,9-10H2,2-3H3,(H,22,23)/b16-11-. The van der Waals surface area contributed by atoms with Crippen LogP contribution >= 0.6 is 24.0 Å². The van der Waals surface area contributed by atoms with Crippen molar-refractivity contribution in [1.82, 2.24) is 4.90 Å². The van der Waals surface area contributed by atoms with Crippen LogP contribution in [0.15, 0.2) is 41.8 Å². The van der Waals surface area contributed by atoms with Crippen LogP contribution in [0.1, 0.15) is 25.8 Å². The number of hydrogen-bond acceptors (Lipinski definition) is 5. The van der Waals surface area contributed by atoms with Gasteiger partial charge >= 0.3 is 5.97 Å². The second-order valence-electron chi connectivity index (χ2n) is 6.17. The molecule has 1 heterocycles. The van der Waals surface area contributed by atoms with Crippen molar-refractivity contribution in [3.8, 4) is 5.75 Å². The number of para-hydroxylation sites is 1. The molecule has 5 nitrogen and oxygen atoms in total. The van der Waals surface area contributed by atoms with E-state index >= 15 is 0 Å². The molecule has 1 fully saturated rings. The molecule has 1 N–H and O–H groups in total. The fraction of sp³-hybridized carbons (Fsp3) is 0.316. The van der Waals surface area contributed by atoms with Crippen LogP contribution in [-0.4, -0.2) is 38.9 Å². The molecule has 1 aromatic rings. The molecular weight excluding hydrogens is 370 g/mol. The Hall–Kier alpha value is -2.12. The number of hydrogen-bond donors (Lipinski definition) is 1. The largest absolute Gasteiger partial charge is 0.489 e. The van der Waals surface area contributed by atoms with Crippen molar-refractivity contribution in [2.24, 2.45) is 5.92 Å². The topological polar surface area (TPSA) is 66.8 Å². The average Bonchev–Trinajstić information content (AvgIpc) is 2.85. The molecule has 1 unspecified atom stereocenters. The van der Waals surface area contributed by atoms with Gasteiger partial charge in [-0.05, 0) is 24.5 Å². The van der Waals surface area contributed by atoms with E-state index in [2.05, 4.69) is 6.58 Å². The van der Waals surface area contributed by atoms with E-state index in [0.29, 0.717) is 23.7 Å². The molecule has 1 aromatic carbocycles. The Labute approximate surface area is 162 Å². The second kappa shape index (κ2) is 9.00. The molecule has 1 amide bonds. The van der Waals surface area contributed by atoms with Crippen LogP contribution in [0.4, 0.5) is 0 Å². The highest BCUT2D eigenvalue weighted by atomic mass is 32.2. The first-order valence-corrected chi connectivity index (χ1v) is 9.40. The lowest BCUT2D eigenvalue weighted by Gasteiger charge is -2.24. The van der Waals surface area contributed by atoms with Crippen LogP contribution in [0, 0.1) is 5.92 Å². The molecule has 0 aliphatic carbocycles. The average molecular weight is 392 g/mol. The van der Waals surface area contributed by atoms with Gasteiger partial charge in [0.15, 0.2) is 0 Å². The summed E-state index contributed by atoms with van der Waals surface area (Å²) in [5, 5.41) is 9.52. The van der Waals surface area contributed by atoms with E-state index in [0.717, 1.165) is 17.3 Å². The maximum atomic E-state index is 12.8. The van der Waals surface area contributed by atoms with Gasteiger partial charge in [-0.2, -0.15) is 0 Å². The smallest absolute Gasteiger partial charge is 0.326 e. The zero-order valence-electron chi connectivity index (χ0n) is 14.7. The number of carboxylic acids is 1. The van der Waals surface area contributed by atoms with Gasteiger partial charge in [0.05, 0.1) is 4.91 Å². The quantitative estimate of drug-likeness (QED) is 0.411. The van der Waals surface area contributed by atoms with Gasteiger partial charge in [0.1, 0.15) is 22.7 Å². The predicted molar refractivity (Wildman–Crippen MR) is 108 cm³/mol. The third kappa shape index (κ3) is 4.74. The molecular formula is C19H21NO4S2. The van der Waals surface area contributed by atoms with Crippen molar-refractivity contribution >= 4 is 46.3 Å². The van der Waals surface area contributed by atoms with Crippen molar-refractivity contribution in [3.05, 3.63) is 47.4 Å². The van der Waals surface area contributed by atoms with Crippen molar-refractivity contribution in [2.45, 2.75) is 26.3 Å². The highest BCUT2D eigenvalue weighted by molar-refractivity contribution is 8.26. The molecule has 26 heavy (non-hydrogen) atoms. The van der Waals surface area contributed by atoms with Gasteiger partial charge in [-0.25, -0.2) is 4.79 Å². The monoisotopic (exact) mass is 391 g/mol.